The summed E-state index contributed by atoms with van der Waals surface area (Å²) in [5, 5.41) is 3.61. The molecule has 0 aromatic heterocycles. The van der Waals surface area contributed by atoms with Gasteiger partial charge in [-0.15, -0.1) is 0 Å². The van der Waals surface area contributed by atoms with Gasteiger partial charge in [0.15, 0.2) is 0 Å². The van der Waals surface area contributed by atoms with Crippen LogP contribution in [0.1, 0.15) is 38.7 Å². The second-order valence-electron chi connectivity index (χ2n) is 6.48. The van der Waals surface area contributed by atoms with E-state index in [2.05, 4.69) is 42.3 Å². The van der Waals surface area contributed by atoms with Crippen molar-refractivity contribution in [2.24, 2.45) is 11.8 Å². The van der Waals surface area contributed by atoms with Gasteiger partial charge in [0.05, 0.1) is 0 Å². The van der Waals surface area contributed by atoms with Gasteiger partial charge in [-0.25, -0.2) is 0 Å². The molecule has 104 valence electrons. The number of fused-ring (bicyclic) bond motifs is 1. The first-order valence-electron chi connectivity index (χ1n) is 7.86. The highest BCUT2D eigenvalue weighted by atomic mass is 15.1. The highest BCUT2D eigenvalue weighted by molar-refractivity contribution is 5.62. The predicted molar refractivity (Wildman–Crippen MR) is 83.0 cm³/mol. The summed E-state index contributed by atoms with van der Waals surface area (Å²) >= 11 is 0. The van der Waals surface area contributed by atoms with Crippen LogP contribution in [-0.2, 0) is 6.42 Å². The molecule has 0 radical (unpaired) electrons. The summed E-state index contributed by atoms with van der Waals surface area (Å²) in [4.78, 5) is 2.56. The molecule has 2 nitrogen and oxygen atoms in total. The van der Waals surface area contributed by atoms with Gasteiger partial charge in [0.2, 0.25) is 0 Å². The van der Waals surface area contributed by atoms with Gasteiger partial charge in [-0.3, -0.25) is 0 Å². The quantitative estimate of drug-likeness (QED) is 0.865. The molecule has 1 aromatic carbocycles. The van der Waals surface area contributed by atoms with E-state index in [4.69, 9.17) is 0 Å². The Kier molecular flexibility index (Phi) is 3.67. The molecule has 0 bridgehead atoms. The molecule has 1 N–H and O–H groups in total. The molecule has 0 saturated carbocycles. The van der Waals surface area contributed by atoms with Gasteiger partial charge in [0.25, 0.3) is 0 Å². The molecule has 1 aromatic rings. The molecule has 2 aliphatic rings. The summed E-state index contributed by atoms with van der Waals surface area (Å²) in [5.74, 6) is 1.54. The highest BCUT2D eigenvalue weighted by Gasteiger charge is 2.22. The van der Waals surface area contributed by atoms with Crippen molar-refractivity contribution in [3.63, 3.8) is 0 Å². The van der Waals surface area contributed by atoms with Crippen LogP contribution >= 0.6 is 0 Å². The highest BCUT2D eigenvalue weighted by Crippen LogP contribution is 2.32. The average molecular weight is 258 g/mol. The third-order valence-electron chi connectivity index (χ3n) is 4.79. The lowest BCUT2D eigenvalue weighted by Gasteiger charge is -2.32. The first kappa shape index (κ1) is 12.8. The molecule has 1 unspecified atom stereocenters. The molecule has 3 rings (SSSR count). The zero-order valence-electron chi connectivity index (χ0n) is 12.3. The first-order chi connectivity index (χ1) is 9.24. The van der Waals surface area contributed by atoms with Crippen LogP contribution in [0.2, 0.25) is 0 Å². The molecule has 0 amide bonds. The Morgan fingerprint density at radius 3 is 2.68 bits per heavy atom. The van der Waals surface area contributed by atoms with Gasteiger partial charge >= 0.3 is 0 Å². The van der Waals surface area contributed by atoms with Crippen molar-refractivity contribution in [2.75, 3.05) is 29.9 Å². The molecule has 2 aliphatic heterocycles. The molecule has 1 atom stereocenters. The minimum atomic E-state index is 0.763. The Labute approximate surface area is 117 Å². The van der Waals surface area contributed by atoms with Crippen LogP contribution in [0.5, 0.6) is 0 Å². The molecule has 1 saturated heterocycles. The maximum Gasteiger partial charge on any atom is 0.0374 e. The first-order valence-corrected chi connectivity index (χ1v) is 7.86. The third-order valence-corrected chi connectivity index (χ3v) is 4.79. The summed E-state index contributed by atoms with van der Waals surface area (Å²) in [6.45, 7) is 8.28. The number of anilines is 2. The molecule has 2 heterocycles. The smallest absolute Gasteiger partial charge is 0.0374 e. The fourth-order valence-electron chi connectivity index (χ4n) is 3.34. The molecule has 19 heavy (non-hydrogen) atoms. The Balaban J connectivity index is 1.80. The molecular weight excluding hydrogens is 232 g/mol. The normalized spacial score (nSPS) is 23.1. The molecule has 0 spiro atoms. The minimum absolute atomic E-state index is 0.763. The van der Waals surface area contributed by atoms with Crippen molar-refractivity contribution in [1.29, 1.82) is 0 Å². The lowest BCUT2D eigenvalue weighted by molar-refractivity contribution is 0.393. The summed E-state index contributed by atoms with van der Waals surface area (Å²) < 4.78 is 0. The monoisotopic (exact) mass is 258 g/mol. The van der Waals surface area contributed by atoms with Gasteiger partial charge < -0.3 is 10.2 Å². The van der Waals surface area contributed by atoms with Crippen molar-refractivity contribution >= 4 is 11.4 Å². The number of nitrogens with zero attached hydrogens (tertiary/aromatic N) is 1. The lowest BCUT2D eigenvalue weighted by atomic mass is 9.85. The predicted octanol–water partition coefficient (Wildman–Crippen LogP) is 3.92. The lowest BCUT2D eigenvalue weighted by Crippen LogP contribution is -2.30. The van der Waals surface area contributed by atoms with E-state index in [0.717, 1.165) is 18.4 Å². The Morgan fingerprint density at radius 1 is 1.16 bits per heavy atom. The molecular formula is C17H26N2. The van der Waals surface area contributed by atoms with Crippen molar-refractivity contribution in [2.45, 2.75) is 39.5 Å². The summed E-state index contributed by atoms with van der Waals surface area (Å²) in [6, 6.07) is 7.02. The van der Waals surface area contributed by atoms with Crippen molar-refractivity contribution in [3.05, 3.63) is 23.8 Å². The van der Waals surface area contributed by atoms with E-state index >= 15 is 0 Å². The van der Waals surface area contributed by atoms with E-state index in [1.54, 1.807) is 0 Å². The fourth-order valence-corrected chi connectivity index (χ4v) is 3.34. The maximum absolute atomic E-state index is 3.61. The third kappa shape index (κ3) is 2.72. The molecule has 0 aliphatic carbocycles. The van der Waals surface area contributed by atoms with Crippen molar-refractivity contribution in [1.82, 2.24) is 0 Å². The number of nitrogens with one attached hydrogen (secondary N) is 1. The number of piperidine rings is 1. The second kappa shape index (κ2) is 5.44. The largest absolute Gasteiger partial charge is 0.385 e. The maximum atomic E-state index is 3.61. The summed E-state index contributed by atoms with van der Waals surface area (Å²) in [5.41, 5.74) is 4.32. The zero-order chi connectivity index (χ0) is 13.2. The van der Waals surface area contributed by atoms with Crippen LogP contribution in [0.15, 0.2) is 18.2 Å². The fraction of sp³-hybridized carbons (Fsp3) is 0.647. The minimum Gasteiger partial charge on any atom is -0.385 e. The Bertz CT molecular complexity index is 433. The summed E-state index contributed by atoms with van der Waals surface area (Å²) in [6.07, 6.45) is 5.34. The number of hydrogen-bond acceptors (Lipinski definition) is 2. The van der Waals surface area contributed by atoms with E-state index in [1.807, 2.05) is 0 Å². The van der Waals surface area contributed by atoms with E-state index in [0.29, 0.717) is 0 Å². The van der Waals surface area contributed by atoms with Crippen molar-refractivity contribution in [3.8, 4) is 0 Å². The van der Waals surface area contributed by atoms with Gasteiger partial charge in [0, 0.05) is 31.0 Å². The molecule has 2 heteroatoms. The average Bonchev–Trinajstić information content (AvgIpc) is 2.47. The van der Waals surface area contributed by atoms with Gasteiger partial charge in [0.1, 0.15) is 0 Å². The van der Waals surface area contributed by atoms with Crippen molar-refractivity contribution < 1.29 is 0 Å². The molecule has 1 fully saturated rings. The number of rotatable bonds is 2. The topological polar surface area (TPSA) is 15.3 Å². The van der Waals surface area contributed by atoms with E-state index < -0.39 is 0 Å². The van der Waals surface area contributed by atoms with Crippen LogP contribution in [-0.4, -0.2) is 19.6 Å². The van der Waals surface area contributed by atoms with E-state index in [9.17, 15) is 0 Å². The van der Waals surface area contributed by atoms with Gasteiger partial charge in [-0.1, -0.05) is 13.8 Å². The van der Waals surface area contributed by atoms with Crippen LogP contribution in [0.4, 0.5) is 11.4 Å². The zero-order valence-corrected chi connectivity index (χ0v) is 12.3. The standard InChI is InChI=1S/C17H26N2/c1-13(2)15-10-14-11-16(6-7-17(14)18-12-15)19-8-4-3-5-9-19/h6-7,11,13,15,18H,3-5,8-10,12H2,1-2H3. The Hall–Kier alpha value is -1.18. The van der Waals surface area contributed by atoms with Gasteiger partial charge in [-0.2, -0.15) is 0 Å². The number of hydrogen-bond donors (Lipinski definition) is 1. The van der Waals surface area contributed by atoms with E-state index in [-0.39, 0.29) is 0 Å². The van der Waals surface area contributed by atoms with E-state index in [1.165, 1.54) is 55.7 Å². The van der Waals surface area contributed by atoms with Crippen LogP contribution in [0.3, 0.4) is 0 Å². The second-order valence-corrected chi connectivity index (χ2v) is 6.48. The van der Waals surface area contributed by atoms with Crippen LogP contribution < -0.4 is 10.2 Å². The van der Waals surface area contributed by atoms with Crippen LogP contribution in [0.25, 0.3) is 0 Å². The summed E-state index contributed by atoms with van der Waals surface area (Å²) in [7, 11) is 0. The van der Waals surface area contributed by atoms with Crippen LogP contribution in [0, 0.1) is 11.8 Å². The number of benzene rings is 1. The SMILES string of the molecule is CC(C)C1CNc2ccc(N3CCCCC3)cc2C1. The van der Waals surface area contributed by atoms with Gasteiger partial charge in [-0.05, 0) is 61.3 Å². The Morgan fingerprint density at radius 2 is 1.95 bits per heavy atom.